The van der Waals surface area contributed by atoms with Gasteiger partial charge in [-0.3, -0.25) is 4.72 Å². The van der Waals surface area contributed by atoms with E-state index in [4.69, 9.17) is 5.11 Å². The van der Waals surface area contributed by atoms with Gasteiger partial charge in [-0.1, -0.05) is 13.8 Å². The lowest BCUT2D eigenvalue weighted by Gasteiger charge is -2.10. The number of carboxylic acid groups (broad SMARTS) is 1. The zero-order valence-electron chi connectivity index (χ0n) is 10.6. The number of rotatable bonds is 6. The van der Waals surface area contributed by atoms with Crippen molar-refractivity contribution in [2.24, 2.45) is 5.92 Å². The van der Waals surface area contributed by atoms with Crippen LogP contribution in [0, 0.1) is 12.8 Å². The van der Waals surface area contributed by atoms with Crippen LogP contribution in [-0.4, -0.2) is 25.2 Å². The molecule has 0 unspecified atom stereocenters. The minimum atomic E-state index is -3.48. The van der Waals surface area contributed by atoms with Crippen LogP contribution < -0.4 is 4.72 Å². The topological polar surface area (TPSA) is 83.5 Å². The molecule has 0 fully saturated rings. The summed E-state index contributed by atoms with van der Waals surface area (Å²) in [5, 5.41) is 10.6. The molecule has 0 aliphatic rings. The van der Waals surface area contributed by atoms with Crippen LogP contribution in [0.25, 0.3) is 0 Å². The Labute approximate surface area is 111 Å². The number of aryl methyl sites for hydroxylation is 1. The highest BCUT2D eigenvalue weighted by Crippen LogP contribution is 2.28. The van der Waals surface area contributed by atoms with E-state index in [0.29, 0.717) is 12.0 Å². The van der Waals surface area contributed by atoms with Gasteiger partial charge in [0.1, 0.15) is 4.88 Å². The minimum Gasteiger partial charge on any atom is -0.477 e. The predicted molar refractivity (Wildman–Crippen MR) is 72.9 cm³/mol. The van der Waals surface area contributed by atoms with Crippen LogP contribution in [0.4, 0.5) is 5.69 Å². The lowest BCUT2D eigenvalue weighted by molar-refractivity contribution is 0.0703. The number of thiophene rings is 1. The van der Waals surface area contributed by atoms with Crippen molar-refractivity contribution in [1.29, 1.82) is 0 Å². The molecule has 0 saturated carbocycles. The second-order valence-electron chi connectivity index (χ2n) is 4.53. The number of sulfonamides is 1. The fourth-order valence-corrected chi connectivity index (χ4v) is 3.69. The Morgan fingerprint density at radius 3 is 2.61 bits per heavy atom. The molecule has 0 aliphatic carbocycles. The Morgan fingerprint density at radius 1 is 1.50 bits per heavy atom. The van der Waals surface area contributed by atoms with E-state index in [1.165, 1.54) is 0 Å². The van der Waals surface area contributed by atoms with E-state index < -0.39 is 16.0 Å². The van der Waals surface area contributed by atoms with Gasteiger partial charge in [0.15, 0.2) is 0 Å². The number of hydrogen-bond acceptors (Lipinski definition) is 4. The average molecular weight is 291 g/mol. The molecule has 1 aromatic heterocycles. The maximum Gasteiger partial charge on any atom is 0.348 e. The molecule has 0 saturated heterocycles. The number of carbonyl (C=O) groups is 1. The van der Waals surface area contributed by atoms with Crippen LogP contribution in [-0.2, 0) is 10.0 Å². The SMILES string of the molecule is Cc1csc(C(=O)O)c1NS(=O)(=O)CCC(C)C. The molecular formula is C11H17NO4S2. The zero-order chi connectivity index (χ0) is 13.9. The fourth-order valence-electron chi connectivity index (χ4n) is 1.33. The molecular weight excluding hydrogens is 274 g/mol. The van der Waals surface area contributed by atoms with Crippen LogP contribution in [0.3, 0.4) is 0 Å². The van der Waals surface area contributed by atoms with E-state index >= 15 is 0 Å². The second-order valence-corrected chi connectivity index (χ2v) is 7.25. The summed E-state index contributed by atoms with van der Waals surface area (Å²) in [5.74, 6) is -0.835. The third-order valence-electron chi connectivity index (χ3n) is 2.39. The van der Waals surface area contributed by atoms with E-state index in [2.05, 4.69) is 4.72 Å². The summed E-state index contributed by atoms with van der Waals surface area (Å²) in [4.78, 5) is 11.0. The molecule has 0 bridgehead atoms. The molecule has 102 valence electrons. The second kappa shape index (κ2) is 5.71. The van der Waals surface area contributed by atoms with Gasteiger partial charge in [-0.15, -0.1) is 11.3 Å². The summed E-state index contributed by atoms with van der Waals surface area (Å²) >= 11 is 1.02. The molecule has 0 aromatic carbocycles. The zero-order valence-corrected chi connectivity index (χ0v) is 12.2. The van der Waals surface area contributed by atoms with Crippen molar-refractivity contribution in [3.05, 3.63) is 15.8 Å². The largest absolute Gasteiger partial charge is 0.477 e. The maximum absolute atomic E-state index is 11.8. The Morgan fingerprint density at radius 2 is 2.11 bits per heavy atom. The molecule has 0 spiro atoms. The van der Waals surface area contributed by atoms with Gasteiger partial charge in [0, 0.05) is 0 Å². The molecule has 0 aliphatic heterocycles. The summed E-state index contributed by atoms with van der Waals surface area (Å²) in [6.45, 7) is 5.56. The third-order valence-corrected chi connectivity index (χ3v) is 4.76. The van der Waals surface area contributed by atoms with Crippen LogP contribution in [0.2, 0.25) is 0 Å². The van der Waals surface area contributed by atoms with Gasteiger partial charge in [0.2, 0.25) is 10.0 Å². The van der Waals surface area contributed by atoms with Crippen LogP contribution >= 0.6 is 11.3 Å². The van der Waals surface area contributed by atoms with Crippen molar-refractivity contribution in [2.75, 3.05) is 10.5 Å². The fraction of sp³-hybridized carbons (Fsp3) is 0.545. The molecule has 1 aromatic rings. The number of hydrogen-bond donors (Lipinski definition) is 2. The predicted octanol–water partition coefficient (Wildman–Crippen LogP) is 2.54. The first-order valence-electron chi connectivity index (χ1n) is 5.55. The van der Waals surface area contributed by atoms with Gasteiger partial charge in [0.25, 0.3) is 0 Å². The normalized spacial score (nSPS) is 11.8. The number of nitrogens with one attached hydrogen (secondary N) is 1. The first-order valence-corrected chi connectivity index (χ1v) is 8.08. The molecule has 0 amide bonds. The highest BCUT2D eigenvalue weighted by atomic mass is 32.2. The molecule has 18 heavy (non-hydrogen) atoms. The van der Waals surface area contributed by atoms with Gasteiger partial charge >= 0.3 is 5.97 Å². The number of aromatic carboxylic acids is 1. The van der Waals surface area contributed by atoms with Gasteiger partial charge < -0.3 is 5.11 Å². The van der Waals surface area contributed by atoms with E-state index in [1.807, 2.05) is 13.8 Å². The highest BCUT2D eigenvalue weighted by molar-refractivity contribution is 7.92. The summed E-state index contributed by atoms with van der Waals surface area (Å²) in [7, 11) is -3.48. The van der Waals surface area contributed by atoms with Gasteiger partial charge in [-0.2, -0.15) is 0 Å². The summed E-state index contributed by atoms with van der Waals surface area (Å²) in [5.41, 5.74) is 0.821. The lowest BCUT2D eigenvalue weighted by atomic mass is 10.2. The van der Waals surface area contributed by atoms with E-state index in [1.54, 1.807) is 12.3 Å². The van der Waals surface area contributed by atoms with Crippen molar-refractivity contribution < 1.29 is 18.3 Å². The molecule has 7 heteroatoms. The Balaban J connectivity index is 2.90. The van der Waals surface area contributed by atoms with Crippen molar-refractivity contribution >= 4 is 33.0 Å². The molecule has 2 N–H and O–H groups in total. The minimum absolute atomic E-state index is 0.000980. The number of carboxylic acids is 1. The molecule has 5 nitrogen and oxygen atoms in total. The van der Waals surface area contributed by atoms with Crippen molar-refractivity contribution in [1.82, 2.24) is 0 Å². The van der Waals surface area contributed by atoms with Crippen LogP contribution in [0.1, 0.15) is 35.5 Å². The lowest BCUT2D eigenvalue weighted by Crippen LogP contribution is -2.19. The monoisotopic (exact) mass is 291 g/mol. The van der Waals surface area contributed by atoms with Gasteiger partial charge in [0.05, 0.1) is 11.4 Å². The summed E-state index contributed by atoms with van der Waals surface area (Å²) < 4.78 is 26.0. The van der Waals surface area contributed by atoms with Crippen molar-refractivity contribution in [3.8, 4) is 0 Å². The average Bonchev–Trinajstić information content (AvgIpc) is 2.57. The van der Waals surface area contributed by atoms with E-state index in [0.717, 1.165) is 11.3 Å². The van der Waals surface area contributed by atoms with Crippen molar-refractivity contribution in [2.45, 2.75) is 27.2 Å². The summed E-state index contributed by atoms with van der Waals surface area (Å²) in [6, 6.07) is 0. The van der Waals surface area contributed by atoms with Gasteiger partial charge in [-0.05, 0) is 30.2 Å². The smallest absolute Gasteiger partial charge is 0.348 e. The summed E-state index contributed by atoms with van der Waals surface area (Å²) in [6.07, 6.45) is 0.543. The van der Waals surface area contributed by atoms with Crippen LogP contribution in [0.5, 0.6) is 0 Å². The molecule has 1 heterocycles. The quantitative estimate of drug-likeness (QED) is 0.843. The molecule has 0 atom stereocenters. The Hall–Kier alpha value is -1.08. The molecule has 1 rings (SSSR count). The number of anilines is 1. The molecule has 0 radical (unpaired) electrons. The first-order chi connectivity index (χ1) is 8.23. The highest BCUT2D eigenvalue weighted by Gasteiger charge is 2.20. The van der Waals surface area contributed by atoms with Crippen LogP contribution in [0.15, 0.2) is 5.38 Å². The first kappa shape index (κ1) is 15.0. The third kappa shape index (κ3) is 3.99. The Bertz CT molecular complexity index is 531. The standard InChI is InChI=1S/C11H17NO4S2/c1-7(2)4-5-18(15,16)12-9-8(3)6-17-10(9)11(13)14/h6-7,12H,4-5H2,1-3H3,(H,13,14). The van der Waals surface area contributed by atoms with E-state index in [-0.39, 0.29) is 22.2 Å². The Kier molecular flexibility index (Phi) is 4.75. The van der Waals surface area contributed by atoms with Gasteiger partial charge in [-0.25, -0.2) is 13.2 Å². The maximum atomic E-state index is 11.8. The van der Waals surface area contributed by atoms with E-state index in [9.17, 15) is 13.2 Å². The van der Waals surface area contributed by atoms with Crippen molar-refractivity contribution in [3.63, 3.8) is 0 Å².